The number of hydrogen-bond donors (Lipinski definition) is 0. The minimum atomic E-state index is -0.531. The van der Waals surface area contributed by atoms with Crippen LogP contribution in [0.25, 0.3) is 11.1 Å². The fraction of sp³-hybridized carbons (Fsp3) is 0.292. The maximum atomic E-state index is 12.8. The number of piperidine rings is 1. The predicted molar refractivity (Wildman–Crippen MR) is 113 cm³/mol. The lowest BCUT2D eigenvalue weighted by molar-refractivity contribution is 0.0764. The number of likely N-dealkylation sites (tertiary alicyclic amines) is 1. The Hall–Kier alpha value is -3.59. The third-order valence-electron chi connectivity index (χ3n) is 6.31. The average molecular weight is 398 g/mol. The standard InChI is InChI=1S/C24H22N4O2/c1-2-24(28-17-25-16-26-28)11-13-27(14-12-24)23(29)30-15-22-20-9-5-3-7-18(20)19-8-4-6-10-21(19)22/h1,3-10,16-17,22H,11-15H2. The van der Waals surface area contributed by atoms with Gasteiger partial charge in [0.1, 0.15) is 24.8 Å². The van der Waals surface area contributed by atoms with Crippen LogP contribution in [0.3, 0.4) is 0 Å². The first-order valence-corrected chi connectivity index (χ1v) is 10.1. The second kappa shape index (κ2) is 7.34. The van der Waals surface area contributed by atoms with Crippen LogP contribution in [0, 0.1) is 12.3 Å². The fourth-order valence-electron chi connectivity index (χ4n) is 4.61. The van der Waals surface area contributed by atoms with E-state index in [1.807, 2.05) is 24.3 Å². The van der Waals surface area contributed by atoms with E-state index in [1.165, 1.54) is 28.6 Å². The Labute approximate surface area is 175 Å². The van der Waals surface area contributed by atoms with Gasteiger partial charge in [-0.15, -0.1) is 6.42 Å². The van der Waals surface area contributed by atoms with Gasteiger partial charge in [-0.2, -0.15) is 5.10 Å². The lowest BCUT2D eigenvalue weighted by Gasteiger charge is -2.37. The number of nitrogens with zero attached hydrogens (tertiary/aromatic N) is 4. The topological polar surface area (TPSA) is 60.2 Å². The van der Waals surface area contributed by atoms with E-state index in [1.54, 1.807) is 15.9 Å². The van der Waals surface area contributed by atoms with E-state index in [4.69, 9.17) is 11.2 Å². The van der Waals surface area contributed by atoms with Gasteiger partial charge in [0.05, 0.1) is 0 Å². The van der Waals surface area contributed by atoms with E-state index >= 15 is 0 Å². The zero-order valence-corrected chi connectivity index (χ0v) is 16.6. The van der Waals surface area contributed by atoms with Crippen molar-refractivity contribution in [2.45, 2.75) is 24.3 Å². The first kappa shape index (κ1) is 18.4. The molecule has 0 N–H and O–H groups in total. The number of hydrogen-bond acceptors (Lipinski definition) is 4. The van der Waals surface area contributed by atoms with Crippen LogP contribution in [-0.4, -0.2) is 45.5 Å². The third-order valence-corrected chi connectivity index (χ3v) is 6.31. The molecule has 2 aliphatic rings. The molecule has 1 saturated heterocycles. The Morgan fingerprint density at radius 1 is 1.10 bits per heavy atom. The van der Waals surface area contributed by atoms with E-state index in [0.29, 0.717) is 32.5 Å². The van der Waals surface area contributed by atoms with Crippen LogP contribution in [0.5, 0.6) is 0 Å². The molecule has 5 rings (SSSR count). The van der Waals surface area contributed by atoms with Crippen molar-refractivity contribution in [3.8, 4) is 23.5 Å². The van der Waals surface area contributed by atoms with Crippen LogP contribution in [-0.2, 0) is 10.3 Å². The van der Waals surface area contributed by atoms with Gasteiger partial charge in [0, 0.05) is 31.8 Å². The normalized spacial score (nSPS) is 17.1. The van der Waals surface area contributed by atoms with Gasteiger partial charge in [0.2, 0.25) is 0 Å². The van der Waals surface area contributed by atoms with E-state index in [9.17, 15) is 4.79 Å². The first-order valence-electron chi connectivity index (χ1n) is 10.1. The van der Waals surface area contributed by atoms with Crippen molar-refractivity contribution in [3.63, 3.8) is 0 Å². The van der Waals surface area contributed by atoms with Crippen molar-refractivity contribution in [2.75, 3.05) is 19.7 Å². The van der Waals surface area contributed by atoms with Gasteiger partial charge in [-0.3, -0.25) is 0 Å². The van der Waals surface area contributed by atoms with Gasteiger partial charge in [0.25, 0.3) is 0 Å². The smallest absolute Gasteiger partial charge is 0.409 e. The van der Waals surface area contributed by atoms with Crippen molar-refractivity contribution in [2.24, 2.45) is 0 Å². The second-order valence-electron chi connectivity index (χ2n) is 7.81. The summed E-state index contributed by atoms with van der Waals surface area (Å²) in [5, 5.41) is 4.21. The van der Waals surface area contributed by atoms with Crippen molar-refractivity contribution >= 4 is 6.09 Å². The highest BCUT2D eigenvalue weighted by molar-refractivity contribution is 5.79. The largest absolute Gasteiger partial charge is 0.448 e. The molecule has 0 atom stereocenters. The number of terminal acetylenes is 1. The molecule has 3 aromatic rings. The Morgan fingerprint density at radius 2 is 1.73 bits per heavy atom. The SMILES string of the molecule is C#CC1(n2cncn2)CCN(C(=O)OCC2c3ccccc3-c3ccccc32)CC1. The Balaban J connectivity index is 1.26. The highest BCUT2D eigenvalue weighted by Gasteiger charge is 2.37. The molecule has 1 aromatic heterocycles. The van der Waals surface area contributed by atoms with Crippen molar-refractivity contribution in [1.82, 2.24) is 19.7 Å². The number of amides is 1. The van der Waals surface area contributed by atoms with E-state index in [0.717, 1.165) is 0 Å². The zero-order valence-electron chi connectivity index (χ0n) is 16.6. The van der Waals surface area contributed by atoms with Gasteiger partial charge in [-0.05, 0) is 22.3 Å². The molecule has 1 fully saturated rings. The Bertz CT molecular complexity index is 1060. The van der Waals surface area contributed by atoms with Gasteiger partial charge in [0.15, 0.2) is 0 Å². The van der Waals surface area contributed by atoms with Crippen LogP contribution < -0.4 is 0 Å². The molecular weight excluding hydrogens is 376 g/mol. The number of carbonyl (C=O) groups is 1. The molecule has 0 spiro atoms. The summed E-state index contributed by atoms with van der Waals surface area (Å²) in [5.41, 5.74) is 4.33. The minimum Gasteiger partial charge on any atom is -0.448 e. The first-order chi connectivity index (χ1) is 14.7. The predicted octanol–water partition coefficient (Wildman–Crippen LogP) is 3.65. The molecule has 1 amide bonds. The van der Waals surface area contributed by atoms with E-state index in [2.05, 4.69) is 40.3 Å². The van der Waals surface area contributed by atoms with E-state index in [-0.39, 0.29) is 12.0 Å². The van der Waals surface area contributed by atoms with Crippen molar-refractivity contribution < 1.29 is 9.53 Å². The van der Waals surface area contributed by atoms with Crippen LogP contribution in [0.15, 0.2) is 61.2 Å². The molecule has 0 saturated carbocycles. The summed E-state index contributed by atoms with van der Waals surface area (Å²) in [4.78, 5) is 18.5. The van der Waals surface area contributed by atoms with Crippen LogP contribution in [0.4, 0.5) is 4.79 Å². The Morgan fingerprint density at radius 3 is 2.30 bits per heavy atom. The summed E-state index contributed by atoms with van der Waals surface area (Å²) in [7, 11) is 0. The zero-order chi connectivity index (χ0) is 20.6. The van der Waals surface area contributed by atoms with E-state index < -0.39 is 5.54 Å². The summed E-state index contributed by atoms with van der Waals surface area (Å²) in [6, 6.07) is 16.7. The average Bonchev–Trinajstić information content (AvgIpc) is 3.45. The number of carbonyl (C=O) groups excluding carboxylic acids is 1. The summed E-state index contributed by atoms with van der Waals surface area (Å²) < 4.78 is 7.50. The molecule has 30 heavy (non-hydrogen) atoms. The summed E-state index contributed by atoms with van der Waals surface area (Å²) >= 11 is 0. The molecule has 0 radical (unpaired) electrons. The second-order valence-corrected chi connectivity index (χ2v) is 7.81. The van der Waals surface area contributed by atoms with Crippen LogP contribution in [0.2, 0.25) is 0 Å². The lowest BCUT2D eigenvalue weighted by atomic mass is 9.89. The highest BCUT2D eigenvalue weighted by atomic mass is 16.6. The molecule has 1 aliphatic carbocycles. The summed E-state index contributed by atoms with van der Waals surface area (Å²) in [6.07, 6.45) is 9.89. The van der Waals surface area contributed by atoms with Crippen LogP contribution in [0.1, 0.15) is 29.9 Å². The molecule has 2 heterocycles. The molecule has 0 bridgehead atoms. The lowest BCUT2D eigenvalue weighted by Crippen LogP contribution is -2.48. The summed E-state index contributed by atoms with van der Waals surface area (Å²) in [5.74, 6) is 2.92. The quantitative estimate of drug-likeness (QED) is 0.632. The maximum absolute atomic E-state index is 12.8. The number of benzene rings is 2. The molecule has 2 aromatic carbocycles. The molecule has 6 nitrogen and oxygen atoms in total. The molecule has 6 heteroatoms. The Kier molecular flexibility index (Phi) is 4.51. The van der Waals surface area contributed by atoms with Gasteiger partial charge in [-0.1, -0.05) is 54.5 Å². The van der Waals surface area contributed by atoms with Gasteiger partial charge >= 0.3 is 6.09 Å². The molecule has 1 aliphatic heterocycles. The highest BCUT2D eigenvalue weighted by Crippen LogP contribution is 2.44. The fourth-order valence-corrected chi connectivity index (χ4v) is 4.61. The van der Waals surface area contributed by atoms with Crippen molar-refractivity contribution in [1.29, 1.82) is 0 Å². The molecular formula is C24H22N4O2. The monoisotopic (exact) mass is 398 g/mol. The van der Waals surface area contributed by atoms with Crippen molar-refractivity contribution in [3.05, 3.63) is 72.3 Å². The number of ether oxygens (including phenoxy) is 1. The third kappa shape index (κ3) is 2.94. The molecule has 150 valence electrons. The number of rotatable bonds is 3. The number of aromatic nitrogens is 3. The van der Waals surface area contributed by atoms with Crippen LogP contribution >= 0.6 is 0 Å². The van der Waals surface area contributed by atoms with Gasteiger partial charge < -0.3 is 9.64 Å². The maximum Gasteiger partial charge on any atom is 0.409 e. The van der Waals surface area contributed by atoms with Gasteiger partial charge in [-0.25, -0.2) is 14.5 Å². The molecule has 0 unspecified atom stereocenters. The summed E-state index contributed by atoms with van der Waals surface area (Å²) in [6.45, 7) is 1.38. The minimum absolute atomic E-state index is 0.0612. The number of fused-ring (bicyclic) bond motifs is 3.